The Bertz CT molecular complexity index is 1100. The lowest BCUT2D eigenvalue weighted by Gasteiger charge is -2.25. The van der Waals surface area contributed by atoms with E-state index in [4.69, 9.17) is 4.74 Å². The lowest BCUT2D eigenvalue weighted by atomic mass is 10.1. The molecule has 0 radical (unpaired) electrons. The molecule has 2 aromatic rings. The fourth-order valence-corrected chi connectivity index (χ4v) is 4.55. The molecule has 0 spiro atoms. The van der Waals surface area contributed by atoms with Crippen LogP contribution in [0.1, 0.15) is 53.2 Å². The maximum Gasteiger partial charge on any atom is 0.419 e. The molecule has 2 atom stereocenters. The summed E-state index contributed by atoms with van der Waals surface area (Å²) >= 11 is 0. The van der Waals surface area contributed by atoms with Crippen molar-refractivity contribution in [3.8, 4) is 5.88 Å². The van der Waals surface area contributed by atoms with Crippen LogP contribution in [0.3, 0.4) is 0 Å². The molecule has 0 unspecified atom stereocenters. The van der Waals surface area contributed by atoms with Crippen molar-refractivity contribution >= 4 is 11.8 Å². The van der Waals surface area contributed by atoms with Gasteiger partial charge in [-0.3, -0.25) is 14.6 Å². The predicted molar refractivity (Wildman–Crippen MR) is 110 cm³/mol. The first kappa shape index (κ1) is 22.5. The second kappa shape index (κ2) is 8.52. The third-order valence-corrected chi connectivity index (χ3v) is 6.46. The van der Waals surface area contributed by atoms with Gasteiger partial charge in [0.05, 0.1) is 36.2 Å². The van der Waals surface area contributed by atoms with Crippen molar-refractivity contribution in [1.29, 1.82) is 0 Å². The van der Waals surface area contributed by atoms with E-state index in [2.05, 4.69) is 9.97 Å². The van der Waals surface area contributed by atoms with Crippen LogP contribution in [0.2, 0.25) is 0 Å². The third-order valence-electron chi connectivity index (χ3n) is 6.46. The Kier molecular flexibility index (Phi) is 5.65. The minimum atomic E-state index is -4.91. The van der Waals surface area contributed by atoms with Gasteiger partial charge in [-0.1, -0.05) is 0 Å². The third kappa shape index (κ3) is 4.55. The number of fused-ring (bicyclic) bond motifs is 1. The Morgan fingerprint density at radius 2 is 1.91 bits per heavy atom. The summed E-state index contributed by atoms with van der Waals surface area (Å²) in [5, 5.41) is 0. The molecule has 2 amide bonds. The smallest absolute Gasteiger partial charge is 0.419 e. The van der Waals surface area contributed by atoms with Gasteiger partial charge >= 0.3 is 6.18 Å². The van der Waals surface area contributed by atoms with Crippen LogP contribution < -0.4 is 4.74 Å². The van der Waals surface area contributed by atoms with E-state index in [1.165, 1.54) is 4.90 Å². The summed E-state index contributed by atoms with van der Waals surface area (Å²) in [6, 6.07) is 1.85. The van der Waals surface area contributed by atoms with Gasteiger partial charge in [-0.2, -0.15) is 13.2 Å². The van der Waals surface area contributed by atoms with E-state index < -0.39 is 23.5 Å². The maximum atomic E-state index is 13.6. The maximum absolute atomic E-state index is 13.6. The van der Waals surface area contributed by atoms with E-state index in [0.29, 0.717) is 36.9 Å². The molecule has 1 aromatic heterocycles. The van der Waals surface area contributed by atoms with Gasteiger partial charge in [0.25, 0.3) is 5.91 Å². The average molecular weight is 478 g/mol. The molecule has 7 nitrogen and oxygen atoms in total. The second-order valence-electron chi connectivity index (χ2n) is 8.92. The molecular formula is C23H22F4N4O3. The number of aromatic nitrogens is 2. The number of hydrogen-bond donors (Lipinski definition) is 0. The monoisotopic (exact) mass is 478 g/mol. The summed E-state index contributed by atoms with van der Waals surface area (Å²) in [6.07, 6.45) is 0.721. The fraction of sp³-hybridized carbons (Fsp3) is 0.478. The van der Waals surface area contributed by atoms with E-state index in [1.807, 2.05) is 0 Å². The van der Waals surface area contributed by atoms with Crippen molar-refractivity contribution in [2.75, 3.05) is 19.6 Å². The number of ether oxygens (including phenoxy) is 1. The molecule has 5 rings (SSSR count). The van der Waals surface area contributed by atoms with Crippen LogP contribution in [0.15, 0.2) is 30.6 Å². The Labute approximate surface area is 192 Å². The molecule has 2 saturated heterocycles. The number of amides is 2. The Hall–Kier alpha value is -3.24. The normalized spacial score (nSPS) is 23.0. The van der Waals surface area contributed by atoms with Crippen LogP contribution in [-0.2, 0) is 11.0 Å². The van der Waals surface area contributed by atoms with Gasteiger partial charge in [-0.25, -0.2) is 9.37 Å². The zero-order valence-electron chi connectivity index (χ0n) is 18.1. The van der Waals surface area contributed by atoms with Gasteiger partial charge in [0.2, 0.25) is 11.8 Å². The van der Waals surface area contributed by atoms with Gasteiger partial charge in [0, 0.05) is 37.4 Å². The van der Waals surface area contributed by atoms with Gasteiger partial charge in [-0.05, 0) is 31.0 Å². The highest BCUT2D eigenvalue weighted by Crippen LogP contribution is 2.38. The van der Waals surface area contributed by atoms with E-state index in [0.717, 1.165) is 24.6 Å². The number of carbonyl (C=O) groups excluding carboxylic acids is 2. The molecule has 1 aromatic carbocycles. The molecule has 0 N–H and O–H groups in total. The van der Waals surface area contributed by atoms with Gasteiger partial charge in [0.15, 0.2) is 0 Å². The number of carbonyl (C=O) groups is 2. The first-order valence-electron chi connectivity index (χ1n) is 11.1. The number of alkyl halides is 3. The number of halogens is 4. The van der Waals surface area contributed by atoms with Crippen molar-refractivity contribution in [3.05, 3.63) is 53.2 Å². The van der Waals surface area contributed by atoms with Crippen LogP contribution in [0, 0.1) is 5.82 Å². The summed E-state index contributed by atoms with van der Waals surface area (Å²) in [5.74, 6) is -1.44. The predicted octanol–water partition coefficient (Wildman–Crippen LogP) is 3.41. The average Bonchev–Trinajstić information content (AvgIpc) is 3.59. The van der Waals surface area contributed by atoms with E-state index in [9.17, 15) is 27.2 Å². The quantitative estimate of drug-likeness (QED) is 0.630. The summed E-state index contributed by atoms with van der Waals surface area (Å²) in [7, 11) is 0. The number of nitrogens with zero attached hydrogens (tertiary/aromatic N) is 4. The van der Waals surface area contributed by atoms with Crippen molar-refractivity contribution in [2.24, 2.45) is 0 Å². The minimum Gasteiger partial charge on any atom is -0.471 e. The van der Waals surface area contributed by atoms with Crippen LogP contribution >= 0.6 is 0 Å². The van der Waals surface area contributed by atoms with Crippen LogP contribution in [0.4, 0.5) is 17.6 Å². The Morgan fingerprint density at radius 3 is 2.59 bits per heavy atom. The molecule has 3 fully saturated rings. The highest BCUT2D eigenvalue weighted by molar-refractivity contribution is 5.95. The summed E-state index contributed by atoms with van der Waals surface area (Å²) in [5.41, 5.74) is -0.827. The zero-order chi connectivity index (χ0) is 24.0. The zero-order valence-corrected chi connectivity index (χ0v) is 18.1. The summed E-state index contributed by atoms with van der Waals surface area (Å²) < 4.78 is 58.8. The molecule has 1 aliphatic carbocycles. The number of rotatable bonds is 4. The molecule has 3 heterocycles. The van der Waals surface area contributed by atoms with Gasteiger partial charge in [-0.15, -0.1) is 0 Å². The molecule has 0 bridgehead atoms. The molecule has 180 valence electrons. The fourth-order valence-electron chi connectivity index (χ4n) is 4.55. The van der Waals surface area contributed by atoms with E-state index >= 15 is 0 Å². The van der Waals surface area contributed by atoms with Crippen molar-refractivity contribution in [2.45, 2.75) is 49.9 Å². The standard InChI is InChI=1S/C23H22F4N4O3/c24-18-4-3-14(7-17(18)23(25,26)27)22(33)30-6-5-21(32)31-12-16(8-15(31)11-30)34-20-10-28-19(9-29-20)13-1-2-13/h3-4,7,9-10,13,15-16H,1-2,5-6,8,11-12H2/t15-,16-/m0/s1. The highest BCUT2D eigenvalue weighted by atomic mass is 19.4. The molecule has 1 saturated carbocycles. The number of benzene rings is 1. The number of hydrogen-bond acceptors (Lipinski definition) is 5. The molecular weight excluding hydrogens is 456 g/mol. The van der Waals surface area contributed by atoms with Crippen LogP contribution in [0.5, 0.6) is 5.88 Å². The SMILES string of the molecule is O=C(c1ccc(F)c(C(F)(F)F)c1)N1CCC(=O)N2C[C@@H](Oc3cnc(C4CC4)cn3)C[C@H]2C1. The largest absolute Gasteiger partial charge is 0.471 e. The minimum absolute atomic E-state index is 0.0399. The molecule has 34 heavy (non-hydrogen) atoms. The molecule has 2 aliphatic heterocycles. The van der Waals surface area contributed by atoms with Crippen molar-refractivity contribution < 1.29 is 31.9 Å². The lowest BCUT2D eigenvalue weighted by molar-refractivity contribution is -0.140. The van der Waals surface area contributed by atoms with E-state index in [-0.39, 0.29) is 43.1 Å². The molecule has 11 heteroatoms. The second-order valence-corrected chi connectivity index (χ2v) is 8.92. The first-order valence-corrected chi connectivity index (χ1v) is 11.1. The lowest BCUT2D eigenvalue weighted by Crippen LogP contribution is -2.40. The van der Waals surface area contributed by atoms with Crippen molar-refractivity contribution in [3.63, 3.8) is 0 Å². The molecule has 3 aliphatic rings. The van der Waals surface area contributed by atoms with Crippen LogP contribution in [0.25, 0.3) is 0 Å². The van der Waals surface area contributed by atoms with Gasteiger partial charge < -0.3 is 14.5 Å². The summed E-state index contributed by atoms with van der Waals surface area (Å²) in [6.45, 7) is 0.546. The Balaban J connectivity index is 1.28. The van der Waals surface area contributed by atoms with Gasteiger partial charge in [0.1, 0.15) is 11.9 Å². The van der Waals surface area contributed by atoms with Crippen LogP contribution in [-0.4, -0.2) is 63.4 Å². The van der Waals surface area contributed by atoms with E-state index in [1.54, 1.807) is 17.3 Å². The summed E-state index contributed by atoms with van der Waals surface area (Å²) in [4.78, 5) is 37.3. The highest BCUT2D eigenvalue weighted by Gasteiger charge is 2.41. The Morgan fingerprint density at radius 1 is 1.12 bits per heavy atom. The first-order chi connectivity index (χ1) is 16.2. The van der Waals surface area contributed by atoms with Crippen molar-refractivity contribution in [1.82, 2.24) is 19.8 Å². The topological polar surface area (TPSA) is 75.6 Å².